The number of pyridine rings is 1. The molecule has 5 rings (SSSR count). The zero-order valence-electron chi connectivity index (χ0n) is 16.1. The summed E-state index contributed by atoms with van der Waals surface area (Å²) in [5.41, 5.74) is 8.82. The minimum absolute atomic E-state index is 0.588. The lowest BCUT2D eigenvalue weighted by molar-refractivity contribution is 0.509. The highest BCUT2D eigenvalue weighted by molar-refractivity contribution is 7.19. The van der Waals surface area contributed by atoms with E-state index in [9.17, 15) is 0 Å². The molecule has 2 heterocycles. The van der Waals surface area contributed by atoms with Crippen LogP contribution in [0.2, 0.25) is 0 Å². The zero-order chi connectivity index (χ0) is 17.8. The third kappa shape index (κ3) is 2.53. The number of rotatable bonds is 1. The van der Waals surface area contributed by atoms with Gasteiger partial charge in [-0.1, -0.05) is 43.7 Å². The number of nitrogens with zero attached hydrogens (tertiary/aromatic N) is 1. The third-order valence-electron chi connectivity index (χ3n) is 6.41. The Balaban J connectivity index is 1.87. The summed E-state index contributed by atoms with van der Waals surface area (Å²) in [6.45, 7) is 6.98. The summed E-state index contributed by atoms with van der Waals surface area (Å²) in [4.78, 5) is 8.16. The number of hydrogen-bond acceptors (Lipinski definition) is 2. The number of benzene rings is 1. The van der Waals surface area contributed by atoms with Crippen molar-refractivity contribution in [3.63, 3.8) is 0 Å². The predicted molar refractivity (Wildman–Crippen MR) is 112 cm³/mol. The minimum Gasteiger partial charge on any atom is -0.241 e. The summed E-state index contributed by atoms with van der Waals surface area (Å²) in [7, 11) is 0. The first kappa shape index (κ1) is 16.5. The van der Waals surface area contributed by atoms with Crippen molar-refractivity contribution in [1.29, 1.82) is 0 Å². The summed E-state index contributed by atoms with van der Waals surface area (Å²) in [6, 6.07) is 9.12. The van der Waals surface area contributed by atoms with Gasteiger partial charge in [0, 0.05) is 16.0 Å². The SMILES string of the molecule is Cc1cccc(-c2c3c(nc4sc5c(c24)CC[C@@H](C)C5)[C@H](C)CCC3)c1. The van der Waals surface area contributed by atoms with E-state index in [4.69, 9.17) is 4.98 Å². The summed E-state index contributed by atoms with van der Waals surface area (Å²) in [5.74, 6) is 1.40. The molecule has 0 bridgehead atoms. The molecule has 26 heavy (non-hydrogen) atoms. The van der Waals surface area contributed by atoms with Crippen molar-refractivity contribution in [2.45, 2.75) is 65.2 Å². The van der Waals surface area contributed by atoms with Crippen molar-refractivity contribution in [3.05, 3.63) is 51.5 Å². The Morgan fingerprint density at radius 1 is 1.08 bits per heavy atom. The molecule has 0 N–H and O–H groups in total. The van der Waals surface area contributed by atoms with E-state index in [0.29, 0.717) is 5.92 Å². The van der Waals surface area contributed by atoms with Gasteiger partial charge < -0.3 is 0 Å². The molecule has 0 radical (unpaired) electrons. The van der Waals surface area contributed by atoms with Gasteiger partial charge in [0.05, 0.1) is 0 Å². The van der Waals surface area contributed by atoms with Crippen molar-refractivity contribution in [2.75, 3.05) is 0 Å². The van der Waals surface area contributed by atoms with Gasteiger partial charge in [0.1, 0.15) is 4.83 Å². The van der Waals surface area contributed by atoms with E-state index < -0.39 is 0 Å². The van der Waals surface area contributed by atoms with Gasteiger partial charge in [-0.25, -0.2) is 4.98 Å². The Labute approximate surface area is 160 Å². The van der Waals surface area contributed by atoms with Crippen LogP contribution in [0.25, 0.3) is 21.3 Å². The van der Waals surface area contributed by atoms with Crippen molar-refractivity contribution < 1.29 is 0 Å². The number of aromatic nitrogens is 1. The van der Waals surface area contributed by atoms with Crippen LogP contribution in [0, 0.1) is 12.8 Å². The monoisotopic (exact) mass is 361 g/mol. The van der Waals surface area contributed by atoms with E-state index in [-0.39, 0.29) is 0 Å². The molecule has 1 nitrogen and oxygen atoms in total. The van der Waals surface area contributed by atoms with E-state index in [1.54, 1.807) is 16.0 Å². The Kier molecular flexibility index (Phi) is 3.93. The second-order valence-electron chi connectivity index (χ2n) is 8.55. The predicted octanol–water partition coefficient (Wildman–Crippen LogP) is 6.84. The zero-order valence-corrected chi connectivity index (χ0v) is 16.9. The number of fused-ring (bicyclic) bond motifs is 4. The molecule has 0 aliphatic heterocycles. The van der Waals surface area contributed by atoms with Crippen LogP contribution in [0.4, 0.5) is 0 Å². The van der Waals surface area contributed by atoms with Crippen LogP contribution in [0.15, 0.2) is 24.3 Å². The van der Waals surface area contributed by atoms with Crippen LogP contribution >= 0.6 is 11.3 Å². The van der Waals surface area contributed by atoms with E-state index in [1.807, 2.05) is 11.3 Å². The average Bonchev–Trinajstić information content (AvgIpc) is 2.97. The molecule has 1 aromatic carbocycles. The molecule has 3 aromatic rings. The maximum atomic E-state index is 5.25. The second kappa shape index (κ2) is 6.20. The molecule has 0 fully saturated rings. The van der Waals surface area contributed by atoms with E-state index >= 15 is 0 Å². The molecule has 2 aromatic heterocycles. The molecule has 0 spiro atoms. The molecule has 2 heteroatoms. The number of aryl methyl sites for hydroxylation is 2. The van der Waals surface area contributed by atoms with Crippen LogP contribution in [0.5, 0.6) is 0 Å². The normalized spacial score (nSPS) is 22.3. The van der Waals surface area contributed by atoms with Crippen LogP contribution in [0.3, 0.4) is 0 Å². The molecule has 2 atom stereocenters. The first-order valence-corrected chi connectivity index (χ1v) is 11.0. The lowest BCUT2D eigenvalue weighted by Gasteiger charge is -2.25. The molecular formula is C24H27NS. The van der Waals surface area contributed by atoms with Crippen molar-refractivity contribution in [2.24, 2.45) is 5.92 Å². The molecular weight excluding hydrogens is 334 g/mol. The second-order valence-corrected chi connectivity index (χ2v) is 9.63. The first-order chi connectivity index (χ1) is 12.6. The summed E-state index contributed by atoms with van der Waals surface area (Å²) < 4.78 is 0. The Morgan fingerprint density at radius 2 is 1.96 bits per heavy atom. The van der Waals surface area contributed by atoms with E-state index in [1.165, 1.54) is 71.1 Å². The van der Waals surface area contributed by atoms with Gasteiger partial charge in [0.15, 0.2) is 0 Å². The lowest BCUT2D eigenvalue weighted by atomic mass is 9.80. The van der Waals surface area contributed by atoms with E-state index in [0.717, 1.165) is 5.92 Å². The van der Waals surface area contributed by atoms with E-state index in [2.05, 4.69) is 45.0 Å². The molecule has 0 amide bonds. The largest absolute Gasteiger partial charge is 0.241 e. The topological polar surface area (TPSA) is 12.9 Å². The molecule has 0 saturated heterocycles. The van der Waals surface area contributed by atoms with Gasteiger partial charge in [-0.05, 0) is 79.5 Å². The Morgan fingerprint density at radius 3 is 2.81 bits per heavy atom. The fourth-order valence-corrected chi connectivity index (χ4v) is 6.43. The summed E-state index contributed by atoms with van der Waals surface area (Å²) in [6.07, 6.45) is 7.55. The van der Waals surface area contributed by atoms with Gasteiger partial charge in [-0.3, -0.25) is 0 Å². The summed E-state index contributed by atoms with van der Waals surface area (Å²) >= 11 is 1.98. The minimum atomic E-state index is 0.588. The third-order valence-corrected chi connectivity index (χ3v) is 7.56. The van der Waals surface area contributed by atoms with Crippen molar-refractivity contribution in [1.82, 2.24) is 4.98 Å². The average molecular weight is 362 g/mol. The van der Waals surface area contributed by atoms with Crippen LogP contribution < -0.4 is 0 Å². The van der Waals surface area contributed by atoms with Crippen molar-refractivity contribution in [3.8, 4) is 11.1 Å². The lowest BCUT2D eigenvalue weighted by Crippen LogP contribution is -2.12. The van der Waals surface area contributed by atoms with Crippen LogP contribution in [0.1, 0.15) is 66.3 Å². The summed E-state index contributed by atoms with van der Waals surface area (Å²) in [5, 5.41) is 1.50. The Hall–Kier alpha value is -1.67. The maximum absolute atomic E-state index is 5.25. The number of hydrogen-bond donors (Lipinski definition) is 0. The van der Waals surface area contributed by atoms with Crippen molar-refractivity contribution >= 4 is 21.6 Å². The molecule has 0 saturated carbocycles. The van der Waals surface area contributed by atoms with Crippen LogP contribution in [-0.4, -0.2) is 4.98 Å². The van der Waals surface area contributed by atoms with Gasteiger partial charge >= 0.3 is 0 Å². The standard InChI is InChI=1S/C24H27NS/c1-14-6-4-8-17(12-14)21-19-9-5-7-16(3)23(19)25-24-22(21)18-11-10-15(2)13-20(18)26-24/h4,6,8,12,15-16H,5,7,9-11,13H2,1-3H3/t15-,16-/m1/s1. The fourth-order valence-electron chi connectivity index (χ4n) is 5.03. The highest BCUT2D eigenvalue weighted by atomic mass is 32.1. The maximum Gasteiger partial charge on any atom is 0.124 e. The Bertz CT molecular complexity index is 997. The quantitative estimate of drug-likeness (QED) is 0.462. The van der Waals surface area contributed by atoms with Gasteiger partial charge in [-0.2, -0.15) is 0 Å². The molecule has 0 unspecified atom stereocenters. The molecule has 2 aliphatic carbocycles. The van der Waals surface area contributed by atoms with Gasteiger partial charge in [-0.15, -0.1) is 11.3 Å². The smallest absolute Gasteiger partial charge is 0.124 e. The van der Waals surface area contributed by atoms with Crippen LogP contribution in [-0.2, 0) is 19.3 Å². The first-order valence-electron chi connectivity index (χ1n) is 10.2. The highest BCUT2D eigenvalue weighted by Crippen LogP contribution is 2.46. The molecule has 2 aliphatic rings. The number of thiophene rings is 1. The van der Waals surface area contributed by atoms with Gasteiger partial charge in [0.2, 0.25) is 0 Å². The van der Waals surface area contributed by atoms with Gasteiger partial charge in [0.25, 0.3) is 0 Å². The highest BCUT2D eigenvalue weighted by Gasteiger charge is 2.29. The fraction of sp³-hybridized carbons (Fsp3) is 0.458. The molecule has 134 valence electrons.